The van der Waals surface area contributed by atoms with Gasteiger partial charge in [0.25, 0.3) is 0 Å². The topological polar surface area (TPSA) is 0 Å². The van der Waals surface area contributed by atoms with Crippen molar-refractivity contribution in [1.82, 2.24) is 0 Å². The number of rotatable bonds is 2. The van der Waals surface area contributed by atoms with Gasteiger partial charge in [0.2, 0.25) is 0 Å². The van der Waals surface area contributed by atoms with Crippen molar-refractivity contribution in [2.45, 2.75) is 32.6 Å². The van der Waals surface area contributed by atoms with Crippen LogP contribution in [0.15, 0.2) is 34.9 Å². The molecule has 0 fully saturated rings. The molecule has 0 aromatic carbocycles. The monoisotopic (exact) mass is 182 g/mol. The van der Waals surface area contributed by atoms with Gasteiger partial charge >= 0.3 is 0 Å². The van der Waals surface area contributed by atoms with Crippen molar-refractivity contribution in [2.24, 2.45) is 0 Å². The van der Waals surface area contributed by atoms with Gasteiger partial charge < -0.3 is 0 Å². The Kier molecular flexibility index (Phi) is 3.16. The highest BCUT2D eigenvalue weighted by atomic mass is 35.5. The maximum Gasteiger partial charge on any atom is 0.0369 e. The summed E-state index contributed by atoms with van der Waals surface area (Å²) in [6, 6.07) is 0. The number of hydrogen-bond donors (Lipinski definition) is 0. The second-order valence-electron chi connectivity index (χ2n) is 3.35. The second kappa shape index (κ2) is 3.95. The predicted octanol–water partition coefficient (Wildman–Crippen LogP) is 4.19. The van der Waals surface area contributed by atoms with Gasteiger partial charge in [-0.25, -0.2) is 0 Å². The van der Waals surface area contributed by atoms with Gasteiger partial charge in [-0.3, -0.25) is 0 Å². The molecule has 0 saturated carbocycles. The van der Waals surface area contributed by atoms with Crippen LogP contribution in [-0.4, -0.2) is 0 Å². The molecule has 0 N–H and O–H groups in total. The fourth-order valence-corrected chi connectivity index (χ4v) is 1.88. The van der Waals surface area contributed by atoms with E-state index in [1.54, 1.807) is 0 Å². The van der Waals surface area contributed by atoms with E-state index in [-0.39, 0.29) is 0 Å². The van der Waals surface area contributed by atoms with Crippen LogP contribution in [0.2, 0.25) is 0 Å². The van der Waals surface area contributed by atoms with Gasteiger partial charge in [0.05, 0.1) is 0 Å². The fraction of sp³-hybridized carbons (Fsp3) is 0.455. The Morgan fingerprint density at radius 3 is 2.00 bits per heavy atom. The molecule has 0 unspecified atom stereocenters. The van der Waals surface area contributed by atoms with Crippen LogP contribution in [0.4, 0.5) is 0 Å². The molecule has 1 aliphatic carbocycles. The van der Waals surface area contributed by atoms with Gasteiger partial charge in [-0.05, 0) is 43.8 Å². The lowest BCUT2D eigenvalue weighted by molar-refractivity contribution is 0.686. The van der Waals surface area contributed by atoms with E-state index in [2.05, 4.69) is 13.2 Å². The van der Waals surface area contributed by atoms with E-state index in [0.29, 0.717) is 5.03 Å². The summed E-state index contributed by atoms with van der Waals surface area (Å²) >= 11 is 5.90. The molecular formula is C11H15Cl. The Morgan fingerprint density at radius 2 is 1.67 bits per heavy atom. The van der Waals surface area contributed by atoms with Crippen molar-refractivity contribution >= 4 is 11.6 Å². The second-order valence-corrected chi connectivity index (χ2v) is 3.81. The number of hydrogen-bond acceptors (Lipinski definition) is 0. The number of allylic oxidation sites excluding steroid dienone is 4. The van der Waals surface area contributed by atoms with E-state index in [1.807, 2.05) is 6.92 Å². The van der Waals surface area contributed by atoms with Crippen LogP contribution in [0.5, 0.6) is 0 Å². The van der Waals surface area contributed by atoms with Gasteiger partial charge in [-0.2, -0.15) is 0 Å². The first-order chi connectivity index (χ1) is 5.63. The van der Waals surface area contributed by atoms with Crippen LogP contribution in [0.1, 0.15) is 32.6 Å². The summed E-state index contributed by atoms with van der Waals surface area (Å²) < 4.78 is 0. The Bertz CT molecular complexity index is 220. The molecule has 0 heterocycles. The first-order valence-electron chi connectivity index (χ1n) is 4.35. The molecule has 0 aromatic rings. The molecular weight excluding hydrogens is 168 g/mol. The lowest BCUT2D eigenvalue weighted by atomic mass is 9.88. The van der Waals surface area contributed by atoms with Crippen molar-refractivity contribution in [3.05, 3.63) is 34.9 Å². The van der Waals surface area contributed by atoms with Gasteiger partial charge in [0, 0.05) is 5.03 Å². The Hall–Kier alpha value is -0.490. The molecule has 0 radical (unpaired) electrons. The molecule has 0 bridgehead atoms. The Balaban J connectivity index is 2.99. The molecule has 66 valence electrons. The predicted molar refractivity (Wildman–Crippen MR) is 55.3 cm³/mol. The lowest BCUT2D eigenvalue weighted by Crippen LogP contribution is -2.00. The first-order valence-corrected chi connectivity index (χ1v) is 4.73. The molecule has 12 heavy (non-hydrogen) atoms. The standard InChI is InChI=1S/C11H15Cl/c1-8(2)10-6-4-5-7-11(10)9(3)12/h1,3-7H2,2H3. The van der Waals surface area contributed by atoms with E-state index in [0.717, 1.165) is 18.4 Å². The van der Waals surface area contributed by atoms with Crippen molar-refractivity contribution in [2.75, 3.05) is 0 Å². The highest BCUT2D eigenvalue weighted by Crippen LogP contribution is 2.33. The van der Waals surface area contributed by atoms with Crippen molar-refractivity contribution in [3.8, 4) is 0 Å². The minimum Gasteiger partial charge on any atom is -0.0958 e. The van der Waals surface area contributed by atoms with E-state index < -0.39 is 0 Å². The van der Waals surface area contributed by atoms with Crippen LogP contribution in [0, 0.1) is 0 Å². The third-order valence-corrected chi connectivity index (χ3v) is 2.54. The quantitative estimate of drug-likeness (QED) is 0.601. The lowest BCUT2D eigenvalue weighted by Gasteiger charge is -2.19. The van der Waals surface area contributed by atoms with Crippen LogP contribution in [0.25, 0.3) is 0 Å². The maximum absolute atomic E-state index is 5.90. The maximum atomic E-state index is 5.90. The SMILES string of the molecule is C=C(C)C1=C(C(=C)Cl)CCCC1. The summed E-state index contributed by atoms with van der Waals surface area (Å²) in [7, 11) is 0. The summed E-state index contributed by atoms with van der Waals surface area (Å²) in [5.41, 5.74) is 3.71. The van der Waals surface area contributed by atoms with Crippen molar-refractivity contribution < 1.29 is 0 Å². The van der Waals surface area contributed by atoms with Gasteiger partial charge in [-0.1, -0.05) is 30.3 Å². The van der Waals surface area contributed by atoms with E-state index in [9.17, 15) is 0 Å². The van der Waals surface area contributed by atoms with E-state index >= 15 is 0 Å². The molecule has 0 aliphatic heterocycles. The summed E-state index contributed by atoms with van der Waals surface area (Å²) in [4.78, 5) is 0. The Labute approximate surface area is 79.6 Å². The summed E-state index contributed by atoms with van der Waals surface area (Å²) in [6.45, 7) is 9.77. The molecule has 0 aromatic heterocycles. The Morgan fingerprint density at radius 1 is 1.17 bits per heavy atom. The number of halogens is 1. The molecule has 0 atom stereocenters. The normalized spacial score (nSPS) is 17.8. The van der Waals surface area contributed by atoms with E-state index in [1.165, 1.54) is 24.0 Å². The zero-order chi connectivity index (χ0) is 9.14. The zero-order valence-corrected chi connectivity index (χ0v) is 8.38. The molecule has 1 rings (SSSR count). The van der Waals surface area contributed by atoms with Crippen LogP contribution >= 0.6 is 11.6 Å². The average molecular weight is 183 g/mol. The fourth-order valence-electron chi connectivity index (χ4n) is 1.68. The van der Waals surface area contributed by atoms with Crippen molar-refractivity contribution in [3.63, 3.8) is 0 Å². The van der Waals surface area contributed by atoms with Crippen LogP contribution in [-0.2, 0) is 0 Å². The summed E-state index contributed by atoms with van der Waals surface area (Å²) in [6.07, 6.45) is 4.69. The first kappa shape index (κ1) is 9.60. The smallest absolute Gasteiger partial charge is 0.0369 e. The highest BCUT2D eigenvalue weighted by Gasteiger charge is 2.13. The minimum absolute atomic E-state index is 0.702. The largest absolute Gasteiger partial charge is 0.0958 e. The average Bonchev–Trinajstić information content (AvgIpc) is 2.04. The molecule has 1 aliphatic rings. The zero-order valence-electron chi connectivity index (χ0n) is 7.62. The third-order valence-electron chi connectivity index (χ3n) is 2.31. The molecule has 0 saturated heterocycles. The molecule has 1 heteroatoms. The van der Waals surface area contributed by atoms with Crippen molar-refractivity contribution in [1.29, 1.82) is 0 Å². The van der Waals surface area contributed by atoms with Crippen LogP contribution in [0.3, 0.4) is 0 Å². The summed E-state index contributed by atoms with van der Waals surface area (Å²) in [5, 5.41) is 0.702. The molecule has 0 amide bonds. The highest BCUT2D eigenvalue weighted by molar-refractivity contribution is 6.31. The van der Waals surface area contributed by atoms with Gasteiger partial charge in [0.15, 0.2) is 0 Å². The van der Waals surface area contributed by atoms with E-state index in [4.69, 9.17) is 11.6 Å². The summed E-state index contributed by atoms with van der Waals surface area (Å²) in [5.74, 6) is 0. The van der Waals surface area contributed by atoms with Gasteiger partial charge in [0.1, 0.15) is 0 Å². The minimum atomic E-state index is 0.702. The molecule has 0 spiro atoms. The van der Waals surface area contributed by atoms with Gasteiger partial charge in [-0.15, -0.1) is 0 Å². The van der Waals surface area contributed by atoms with Crippen LogP contribution < -0.4 is 0 Å². The molecule has 0 nitrogen and oxygen atoms in total. The third kappa shape index (κ3) is 2.01.